The number of nitrogens with one attached hydrogen (secondary N) is 1. The van der Waals surface area contributed by atoms with Gasteiger partial charge in [0, 0.05) is 16.5 Å². The van der Waals surface area contributed by atoms with Crippen LogP contribution in [0.15, 0.2) is 88.9 Å². The van der Waals surface area contributed by atoms with Crippen molar-refractivity contribution in [3.8, 4) is 5.75 Å². The molecule has 3 aromatic rings. The van der Waals surface area contributed by atoms with Gasteiger partial charge in [-0.3, -0.25) is 0 Å². The fourth-order valence-corrected chi connectivity index (χ4v) is 4.11. The van der Waals surface area contributed by atoms with Gasteiger partial charge in [0.2, 0.25) is 0 Å². The first-order valence-corrected chi connectivity index (χ1v) is 11.1. The molecular weight excluding hydrogens is 489 g/mol. The van der Waals surface area contributed by atoms with Crippen molar-refractivity contribution in [2.45, 2.75) is 22.9 Å². The number of benzene rings is 3. The Kier molecular flexibility index (Phi) is 7.25. The second-order valence-electron chi connectivity index (χ2n) is 7.44. The van der Waals surface area contributed by atoms with Crippen molar-refractivity contribution in [3.63, 3.8) is 0 Å². The summed E-state index contributed by atoms with van der Waals surface area (Å²) in [4.78, 5) is 12.9. The lowest BCUT2D eigenvalue weighted by Crippen LogP contribution is -2.30. The third-order valence-electron chi connectivity index (χ3n) is 5.06. The van der Waals surface area contributed by atoms with Gasteiger partial charge in [0.25, 0.3) is 0 Å². The van der Waals surface area contributed by atoms with E-state index in [4.69, 9.17) is 0 Å². The van der Waals surface area contributed by atoms with Gasteiger partial charge >= 0.3 is 18.2 Å². The van der Waals surface area contributed by atoms with E-state index in [0.717, 1.165) is 5.56 Å². The minimum Gasteiger partial charge on any atom is -0.435 e. The first kappa shape index (κ1) is 24.5. The van der Waals surface area contributed by atoms with Crippen molar-refractivity contribution in [2.24, 2.45) is 5.10 Å². The van der Waals surface area contributed by atoms with Crippen LogP contribution in [0.2, 0.25) is 0 Å². The first-order valence-electron chi connectivity index (χ1n) is 10.3. The van der Waals surface area contributed by atoms with E-state index >= 15 is 0 Å². The van der Waals surface area contributed by atoms with Crippen molar-refractivity contribution in [1.82, 2.24) is 5.01 Å². The third kappa shape index (κ3) is 6.50. The molecular formula is C24H18F5N3O2S. The molecule has 3 aromatic carbocycles. The molecule has 0 radical (unpaired) electrons. The zero-order chi connectivity index (χ0) is 25.0. The number of halogens is 5. The predicted molar refractivity (Wildman–Crippen MR) is 123 cm³/mol. The molecule has 5 nitrogen and oxygen atoms in total. The minimum absolute atomic E-state index is 0.000315. The molecule has 0 aromatic heterocycles. The Balaban J connectivity index is 1.53. The number of rotatable bonds is 6. The van der Waals surface area contributed by atoms with Crippen molar-refractivity contribution >= 4 is 29.2 Å². The van der Waals surface area contributed by atoms with E-state index in [-0.39, 0.29) is 34.9 Å². The highest BCUT2D eigenvalue weighted by molar-refractivity contribution is 8.00. The largest absolute Gasteiger partial charge is 0.446 e. The second-order valence-corrected chi connectivity index (χ2v) is 8.57. The fourth-order valence-electron chi connectivity index (χ4n) is 3.57. The van der Waals surface area contributed by atoms with E-state index in [1.165, 1.54) is 41.4 Å². The van der Waals surface area contributed by atoms with Crippen LogP contribution in [0.5, 0.6) is 5.75 Å². The van der Waals surface area contributed by atoms with E-state index in [0.29, 0.717) is 17.0 Å². The van der Waals surface area contributed by atoms with Crippen LogP contribution in [0.1, 0.15) is 17.0 Å². The van der Waals surface area contributed by atoms with Gasteiger partial charge in [-0.05, 0) is 71.4 Å². The van der Waals surface area contributed by atoms with Gasteiger partial charge < -0.3 is 10.1 Å². The van der Waals surface area contributed by atoms with Gasteiger partial charge in [-0.25, -0.2) is 9.80 Å². The Morgan fingerprint density at radius 1 is 1.00 bits per heavy atom. The van der Waals surface area contributed by atoms with Crippen LogP contribution in [0, 0.1) is 0 Å². The molecule has 0 saturated heterocycles. The highest BCUT2D eigenvalue weighted by Gasteiger charge is 2.32. The molecule has 35 heavy (non-hydrogen) atoms. The van der Waals surface area contributed by atoms with Gasteiger partial charge in [0.05, 0.1) is 12.3 Å². The lowest BCUT2D eigenvalue weighted by atomic mass is 9.90. The topological polar surface area (TPSA) is 53.9 Å². The van der Waals surface area contributed by atoms with E-state index in [2.05, 4.69) is 15.2 Å². The van der Waals surface area contributed by atoms with E-state index in [1.807, 2.05) is 30.3 Å². The number of carbonyl (C=O) groups is 1. The van der Waals surface area contributed by atoms with E-state index < -0.39 is 18.2 Å². The summed E-state index contributed by atoms with van der Waals surface area (Å²) in [5.41, 5.74) is -1.99. The number of hydrogen-bond acceptors (Lipinski definition) is 4. The Labute approximate surface area is 201 Å². The Morgan fingerprint density at radius 2 is 1.66 bits per heavy atom. The Hall–Kier alpha value is -3.60. The van der Waals surface area contributed by atoms with Crippen LogP contribution in [0.4, 0.5) is 32.4 Å². The number of hydrogen-bond donors (Lipinski definition) is 1. The average molecular weight is 507 g/mol. The predicted octanol–water partition coefficient (Wildman–Crippen LogP) is 6.94. The monoisotopic (exact) mass is 507 g/mol. The number of nitrogens with zero attached hydrogens (tertiary/aromatic N) is 2. The molecule has 11 heteroatoms. The maximum Gasteiger partial charge on any atom is 0.446 e. The Bertz CT molecular complexity index is 1190. The molecule has 1 atom stereocenters. The smallest absolute Gasteiger partial charge is 0.435 e. The number of alkyl halides is 5. The molecule has 4 rings (SSSR count). The van der Waals surface area contributed by atoms with Crippen LogP contribution in [-0.4, -0.2) is 35.4 Å². The number of ether oxygens (including phenoxy) is 1. The maximum absolute atomic E-state index is 12.9. The number of thioether (sulfide) groups is 1. The maximum atomic E-state index is 12.9. The van der Waals surface area contributed by atoms with Crippen LogP contribution >= 0.6 is 11.8 Å². The van der Waals surface area contributed by atoms with Crippen LogP contribution in [0.25, 0.3) is 0 Å². The molecule has 1 aliphatic heterocycles. The molecule has 1 unspecified atom stereocenters. The number of hydrazone groups is 1. The fraction of sp³-hybridized carbons (Fsp3) is 0.167. The average Bonchev–Trinajstić information content (AvgIpc) is 3.26. The summed E-state index contributed by atoms with van der Waals surface area (Å²) in [6.07, 6.45) is 0. The summed E-state index contributed by atoms with van der Waals surface area (Å²) in [5, 5.41) is 8.33. The number of amides is 2. The minimum atomic E-state index is -4.40. The molecule has 0 saturated carbocycles. The van der Waals surface area contributed by atoms with Crippen LogP contribution in [-0.2, 0) is 0 Å². The lowest BCUT2D eigenvalue weighted by molar-refractivity contribution is -0.0498. The molecule has 1 aliphatic rings. The summed E-state index contributed by atoms with van der Waals surface area (Å²) < 4.78 is 66.9. The second kappa shape index (κ2) is 10.3. The van der Waals surface area contributed by atoms with Gasteiger partial charge in [-0.15, -0.1) is 0 Å². The molecule has 182 valence electrons. The van der Waals surface area contributed by atoms with Gasteiger partial charge in [-0.2, -0.15) is 27.1 Å². The molecule has 0 aliphatic carbocycles. The highest BCUT2D eigenvalue weighted by atomic mass is 32.2. The Morgan fingerprint density at radius 3 is 2.26 bits per heavy atom. The summed E-state index contributed by atoms with van der Waals surface area (Å²) in [7, 11) is 0. The number of urea groups is 1. The quantitative estimate of drug-likeness (QED) is 0.291. The first-order chi connectivity index (χ1) is 16.7. The van der Waals surface area contributed by atoms with Gasteiger partial charge in [0.15, 0.2) is 0 Å². The molecule has 0 spiro atoms. The SMILES string of the molecule is O=C(Nc1ccc(SC(F)(F)F)cc1)N1CC(c2ccccc2)C(c2ccc(OC(F)F)cc2)=N1. The molecule has 0 fully saturated rings. The van der Waals surface area contributed by atoms with Crippen molar-refractivity contribution in [3.05, 3.63) is 90.0 Å². The molecule has 1 heterocycles. The standard InChI is InChI=1S/C24H18F5N3O2S/c25-22(26)34-18-10-6-16(7-11-18)21-20(15-4-2-1-3-5-15)14-32(31-21)23(33)30-17-8-12-19(13-9-17)35-24(27,28)29/h1-13,20,22H,14H2,(H,30,33). The van der Waals surface area contributed by atoms with Crippen molar-refractivity contribution in [2.75, 3.05) is 11.9 Å². The van der Waals surface area contributed by atoms with Crippen LogP contribution < -0.4 is 10.1 Å². The van der Waals surface area contributed by atoms with E-state index in [9.17, 15) is 26.7 Å². The number of carbonyl (C=O) groups excluding carboxylic acids is 1. The lowest BCUT2D eigenvalue weighted by Gasteiger charge is -2.16. The zero-order valence-electron chi connectivity index (χ0n) is 17.9. The van der Waals surface area contributed by atoms with Crippen LogP contribution in [0.3, 0.4) is 0 Å². The molecule has 2 amide bonds. The highest BCUT2D eigenvalue weighted by Crippen LogP contribution is 2.37. The van der Waals surface area contributed by atoms with Gasteiger partial charge in [0.1, 0.15) is 5.75 Å². The summed E-state index contributed by atoms with van der Waals surface area (Å²) in [6, 6.07) is 20.1. The van der Waals surface area contributed by atoms with E-state index in [1.54, 1.807) is 12.1 Å². The summed E-state index contributed by atoms with van der Waals surface area (Å²) in [6.45, 7) is -2.73. The van der Waals surface area contributed by atoms with Gasteiger partial charge in [-0.1, -0.05) is 30.3 Å². The van der Waals surface area contributed by atoms with Crippen molar-refractivity contribution < 1.29 is 31.5 Å². The third-order valence-corrected chi connectivity index (χ3v) is 5.80. The summed E-state index contributed by atoms with van der Waals surface area (Å²) in [5.74, 6) is -0.283. The molecule has 1 N–H and O–H groups in total. The number of anilines is 1. The van der Waals surface area contributed by atoms with Crippen molar-refractivity contribution in [1.29, 1.82) is 0 Å². The normalized spacial score (nSPS) is 15.8. The zero-order valence-corrected chi connectivity index (χ0v) is 18.7. The molecule has 0 bridgehead atoms. The summed E-state index contributed by atoms with van der Waals surface area (Å²) >= 11 is -0.242.